The van der Waals surface area contributed by atoms with Crippen LogP contribution in [0.3, 0.4) is 0 Å². The fourth-order valence-corrected chi connectivity index (χ4v) is 4.44. The highest BCUT2D eigenvalue weighted by atomic mass is 32.1. The van der Waals surface area contributed by atoms with E-state index in [-0.39, 0.29) is 5.75 Å². The second kappa shape index (κ2) is 9.52. The Bertz CT molecular complexity index is 1010. The Morgan fingerprint density at radius 1 is 1.21 bits per heavy atom. The number of aromatic hydroxyl groups is 1. The van der Waals surface area contributed by atoms with Crippen LogP contribution in [-0.2, 0) is 0 Å². The molecule has 7 heteroatoms. The number of aromatic nitrogens is 1. The van der Waals surface area contributed by atoms with Gasteiger partial charge >= 0.3 is 0 Å². The lowest BCUT2D eigenvalue weighted by Gasteiger charge is -2.21. The van der Waals surface area contributed by atoms with Gasteiger partial charge in [0.05, 0.1) is 23.3 Å². The number of rotatable bonds is 8. The highest BCUT2D eigenvalue weighted by Gasteiger charge is 2.09. The zero-order valence-corrected chi connectivity index (χ0v) is 17.7. The van der Waals surface area contributed by atoms with Crippen LogP contribution < -0.4 is 9.70 Å². The van der Waals surface area contributed by atoms with Gasteiger partial charge in [0.2, 0.25) is 4.80 Å². The van der Waals surface area contributed by atoms with Gasteiger partial charge in [0.15, 0.2) is 0 Å². The molecule has 0 amide bonds. The van der Waals surface area contributed by atoms with Crippen LogP contribution in [0.1, 0.15) is 19.4 Å². The number of phenols is 1. The van der Waals surface area contributed by atoms with E-state index in [1.165, 1.54) is 11.3 Å². The summed E-state index contributed by atoms with van der Waals surface area (Å²) in [6.07, 6.45) is 3.44. The Morgan fingerprint density at radius 3 is 2.68 bits per heavy atom. The van der Waals surface area contributed by atoms with Gasteiger partial charge in [-0.05, 0) is 37.4 Å². The van der Waals surface area contributed by atoms with Gasteiger partial charge in [-0.25, -0.2) is 4.68 Å². The maximum Gasteiger partial charge on any atom is 0.206 e. The third kappa shape index (κ3) is 4.43. The number of hydrogen-bond donors (Lipinski definition) is 1. The van der Waals surface area contributed by atoms with Crippen LogP contribution in [0, 0.1) is 0 Å². The first-order valence-electron chi connectivity index (χ1n) is 9.16. The summed E-state index contributed by atoms with van der Waals surface area (Å²) in [6.45, 7) is 10.3. The number of thiazole rings is 1. The van der Waals surface area contributed by atoms with Crippen molar-refractivity contribution in [1.82, 2.24) is 4.68 Å². The summed E-state index contributed by atoms with van der Waals surface area (Å²) >= 11 is 3.20. The molecule has 1 aromatic carbocycles. The fraction of sp³-hybridized carbons (Fsp3) is 0.238. The third-order valence-electron chi connectivity index (χ3n) is 4.27. The Labute approximate surface area is 173 Å². The molecule has 0 bridgehead atoms. The molecular formula is C21H24N4OS2. The van der Waals surface area contributed by atoms with E-state index in [4.69, 9.17) is 0 Å². The fourth-order valence-electron chi connectivity index (χ4n) is 2.80. The number of thiophene rings is 1. The van der Waals surface area contributed by atoms with E-state index in [9.17, 15) is 5.11 Å². The number of nitrogens with zero attached hydrogens (tertiary/aromatic N) is 4. The first kappa shape index (κ1) is 20.1. The largest absolute Gasteiger partial charge is 0.507 e. The molecule has 3 aromatic rings. The maximum atomic E-state index is 10.5. The van der Waals surface area contributed by atoms with Crippen molar-refractivity contribution in [3.8, 4) is 16.3 Å². The van der Waals surface area contributed by atoms with Crippen molar-refractivity contribution >= 4 is 34.6 Å². The van der Waals surface area contributed by atoms with Gasteiger partial charge < -0.3 is 10.0 Å². The SMILES string of the molecule is C=CCN=c1scc(-c2cccs2)n1N=Cc1ccc(N(CC)CC)cc1O. The molecule has 0 atom stereocenters. The van der Waals surface area contributed by atoms with Gasteiger partial charge in [0.25, 0.3) is 0 Å². The van der Waals surface area contributed by atoms with Gasteiger partial charge in [-0.1, -0.05) is 12.1 Å². The second-order valence-corrected chi connectivity index (χ2v) is 7.77. The number of phenolic OH excluding ortho intramolecular Hbond substituents is 1. The van der Waals surface area contributed by atoms with Gasteiger partial charge in [-0.2, -0.15) is 5.10 Å². The molecule has 2 heterocycles. The Morgan fingerprint density at radius 2 is 2.04 bits per heavy atom. The standard InChI is InChI=1S/C21H24N4OS2/c1-4-11-22-21-25(18(15-28-21)20-8-7-12-27-20)23-14-16-9-10-17(13-19(16)26)24(5-2)6-3/h4,7-10,12-15,26H,1,5-6,11H2,2-3H3. The second-order valence-electron chi connectivity index (χ2n) is 5.98. The zero-order valence-electron chi connectivity index (χ0n) is 16.1. The lowest BCUT2D eigenvalue weighted by molar-refractivity contribution is 0.474. The third-order valence-corrected chi connectivity index (χ3v) is 6.02. The molecule has 0 aliphatic rings. The summed E-state index contributed by atoms with van der Waals surface area (Å²) < 4.78 is 1.82. The van der Waals surface area contributed by atoms with Gasteiger partial charge in [0, 0.05) is 35.8 Å². The van der Waals surface area contributed by atoms with Crippen LogP contribution >= 0.6 is 22.7 Å². The number of anilines is 1. The predicted octanol–water partition coefficient (Wildman–Crippen LogP) is 4.80. The topological polar surface area (TPSA) is 53.1 Å². The van der Waals surface area contributed by atoms with Crippen LogP contribution in [0.4, 0.5) is 5.69 Å². The quantitative estimate of drug-likeness (QED) is 0.427. The number of hydrogen-bond acceptors (Lipinski definition) is 6. The van der Waals surface area contributed by atoms with Crippen LogP contribution in [-0.4, -0.2) is 35.6 Å². The molecule has 28 heavy (non-hydrogen) atoms. The van der Waals surface area contributed by atoms with E-state index in [2.05, 4.69) is 46.9 Å². The smallest absolute Gasteiger partial charge is 0.206 e. The van der Waals surface area contributed by atoms with Crippen molar-refractivity contribution in [2.75, 3.05) is 24.5 Å². The summed E-state index contributed by atoms with van der Waals surface area (Å²) in [5, 5.41) is 19.2. The van der Waals surface area contributed by atoms with E-state index in [1.54, 1.807) is 29.7 Å². The first-order valence-corrected chi connectivity index (χ1v) is 10.9. The van der Waals surface area contributed by atoms with Crippen LogP contribution in [0.25, 0.3) is 10.6 Å². The zero-order chi connectivity index (χ0) is 19.9. The normalized spacial score (nSPS) is 12.0. The Hall–Kier alpha value is -2.64. The molecule has 0 saturated carbocycles. The summed E-state index contributed by atoms with van der Waals surface area (Å²) in [5.41, 5.74) is 2.66. The summed E-state index contributed by atoms with van der Waals surface area (Å²) in [5.74, 6) is 0.214. The summed E-state index contributed by atoms with van der Waals surface area (Å²) in [7, 11) is 0. The van der Waals surface area contributed by atoms with Crippen LogP contribution in [0.5, 0.6) is 5.75 Å². The molecule has 0 aliphatic heterocycles. The molecule has 2 aromatic heterocycles. The monoisotopic (exact) mass is 412 g/mol. The molecular weight excluding hydrogens is 388 g/mol. The van der Waals surface area contributed by atoms with Gasteiger partial charge in [-0.15, -0.1) is 29.3 Å². The highest BCUT2D eigenvalue weighted by Crippen LogP contribution is 2.26. The van der Waals surface area contributed by atoms with Crippen molar-refractivity contribution in [3.05, 3.63) is 64.1 Å². The average Bonchev–Trinajstić information content (AvgIpc) is 3.36. The minimum atomic E-state index is 0.214. The molecule has 0 fully saturated rings. The average molecular weight is 413 g/mol. The molecule has 1 N–H and O–H groups in total. The molecule has 0 aliphatic carbocycles. The van der Waals surface area contributed by atoms with E-state index in [0.717, 1.165) is 34.1 Å². The van der Waals surface area contributed by atoms with Crippen LogP contribution in [0.2, 0.25) is 0 Å². The van der Waals surface area contributed by atoms with Crippen LogP contribution in [0.15, 0.2) is 63.8 Å². The lowest BCUT2D eigenvalue weighted by atomic mass is 10.2. The van der Waals surface area contributed by atoms with Crippen molar-refractivity contribution in [2.24, 2.45) is 10.1 Å². The predicted molar refractivity (Wildman–Crippen MR) is 121 cm³/mol. The molecule has 5 nitrogen and oxygen atoms in total. The van der Waals surface area contributed by atoms with E-state index >= 15 is 0 Å². The molecule has 0 radical (unpaired) electrons. The number of benzene rings is 1. The maximum absolute atomic E-state index is 10.5. The molecule has 146 valence electrons. The van der Waals surface area contributed by atoms with Crippen molar-refractivity contribution in [3.63, 3.8) is 0 Å². The highest BCUT2D eigenvalue weighted by molar-refractivity contribution is 7.14. The summed E-state index contributed by atoms with van der Waals surface area (Å²) in [4.78, 5) is 8.63. The summed E-state index contributed by atoms with van der Waals surface area (Å²) in [6, 6.07) is 9.77. The van der Waals surface area contributed by atoms with E-state index in [0.29, 0.717) is 12.1 Å². The minimum absolute atomic E-state index is 0.214. The molecule has 3 rings (SSSR count). The lowest BCUT2D eigenvalue weighted by Crippen LogP contribution is -2.21. The van der Waals surface area contributed by atoms with Crippen molar-refractivity contribution in [1.29, 1.82) is 0 Å². The Kier molecular flexibility index (Phi) is 6.84. The Balaban J connectivity index is 1.98. The van der Waals surface area contributed by atoms with Gasteiger partial charge in [0.1, 0.15) is 5.75 Å². The van der Waals surface area contributed by atoms with Crippen molar-refractivity contribution < 1.29 is 5.11 Å². The first-order chi connectivity index (χ1) is 13.7. The molecule has 0 saturated heterocycles. The molecule has 0 spiro atoms. The molecule has 0 unspecified atom stereocenters. The van der Waals surface area contributed by atoms with Crippen molar-refractivity contribution in [2.45, 2.75) is 13.8 Å². The minimum Gasteiger partial charge on any atom is -0.507 e. The van der Waals surface area contributed by atoms with E-state index in [1.807, 2.05) is 28.3 Å². The van der Waals surface area contributed by atoms with Gasteiger partial charge in [-0.3, -0.25) is 4.99 Å². The van der Waals surface area contributed by atoms with E-state index < -0.39 is 0 Å².